The van der Waals surface area contributed by atoms with Gasteiger partial charge in [-0.15, -0.1) is 0 Å². The summed E-state index contributed by atoms with van der Waals surface area (Å²) in [6, 6.07) is 10.7. The third-order valence-electron chi connectivity index (χ3n) is 3.96. The second-order valence-electron chi connectivity index (χ2n) is 5.51. The minimum Gasteiger partial charge on any atom is -0.497 e. The number of carbonyl (C=O) groups excluding carboxylic acids is 1. The lowest BCUT2D eigenvalue weighted by molar-refractivity contribution is 0.102. The van der Waals surface area contributed by atoms with E-state index < -0.39 is 17.2 Å². The summed E-state index contributed by atoms with van der Waals surface area (Å²) < 4.78 is 20.3. The Labute approximate surface area is 143 Å². The lowest BCUT2D eigenvalue weighted by Gasteiger charge is -2.12. The molecule has 0 saturated carbocycles. The van der Waals surface area contributed by atoms with Gasteiger partial charge in [0.15, 0.2) is 0 Å². The lowest BCUT2D eigenvalue weighted by Crippen LogP contribution is -2.24. The maximum Gasteiger partial charge on any atom is 0.261 e. The van der Waals surface area contributed by atoms with Gasteiger partial charge < -0.3 is 14.6 Å². The number of aromatic nitrogens is 1. The largest absolute Gasteiger partial charge is 0.497 e. The van der Waals surface area contributed by atoms with Crippen LogP contribution in [0.3, 0.4) is 0 Å². The first-order valence-electron chi connectivity index (χ1n) is 7.81. The van der Waals surface area contributed by atoms with Crippen molar-refractivity contribution in [2.45, 2.75) is 13.5 Å². The molecule has 0 spiro atoms. The first-order chi connectivity index (χ1) is 12.0. The summed E-state index contributed by atoms with van der Waals surface area (Å²) in [6.45, 7) is 2.51. The van der Waals surface area contributed by atoms with Crippen molar-refractivity contribution in [2.24, 2.45) is 0 Å². The number of benzene rings is 2. The number of hydrogen-bond donors (Lipinski definition) is 1. The number of halogens is 1. The van der Waals surface area contributed by atoms with Gasteiger partial charge in [0.25, 0.3) is 5.91 Å². The Kier molecular flexibility index (Phi) is 4.52. The Morgan fingerprint density at radius 1 is 1.24 bits per heavy atom. The van der Waals surface area contributed by atoms with Crippen LogP contribution in [0, 0.1) is 5.82 Å². The molecule has 0 aliphatic carbocycles. The predicted molar refractivity (Wildman–Crippen MR) is 94.8 cm³/mol. The molecule has 0 radical (unpaired) electrons. The number of methoxy groups -OCH3 is 1. The second kappa shape index (κ2) is 6.76. The smallest absolute Gasteiger partial charge is 0.261 e. The second-order valence-corrected chi connectivity index (χ2v) is 5.51. The summed E-state index contributed by atoms with van der Waals surface area (Å²) in [6.07, 6.45) is 1.52. The van der Waals surface area contributed by atoms with E-state index in [1.807, 2.05) is 11.5 Å². The van der Waals surface area contributed by atoms with Crippen LogP contribution in [0.4, 0.5) is 10.1 Å². The van der Waals surface area contributed by atoms with Crippen LogP contribution < -0.4 is 15.5 Å². The van der Waals surface area contributed by atoms with Crippen LogP contribution in [0.15, 0.2) is 53.5 Å². The molecule has 1 heterocycles. The average Bonchev–Trinajstić information content (AvgIpc) is 2.61. The minimum atomic E-state index is -0.581. The zero-order valence-electron chi connectivity index (χ0n) is 13.9. The van der Waals surface area contributed by atoms with E-state index in [9.17, 15) is 14.0 Å². The first-order valence-corrected chi connectivity index (χ1v) is 7.81. The van der Waals surface area contributed by atoms with Gasteiger partial charge in [0, 0.05) is 18.4 Å². The van der Waals surface area contributed by atoms with E-state index in [-0.39, 0.29) is 11.3 Å². The number of nitrogens with zero attached hydrogens (tertiary/aromatic N) is 1. The molecule has 6 heteroatoms. The lowest BCUT2D eigenvalue weighted by atomic mass is 10.1. The third-order valence-corrected chi connectivity index (χ3v) is 3.96. The van der Waals surface area contributed by atoms with Crippen molar-refractivity contribution in [2.75, 3.05) is 12.4 Å². The summed E-state index contributed by atoms with van der Waals surface area (Å²) in [5.74, 6) is -0.510. The quantitative estimate of drug-likeness (QED) is 0.792. The van der Waals surface area contributed by atoms with Gasteiger partial charge in [0.1, 0.15) is 17.1 Å². The molecule has 0 fully saturated rings. The van der Waals surface area contributed by atoms with Crippen molar-refractivity contribution < 1.29 is 13.9 Å². The number of anilines is 1. The van der Waals surface area contributed by atoms with Crippen molar-refractivity contribution in [1.82, 2.24) is 4.57 Å². The van der Waals surface area contributed by atoms with E-state index in [1.54, 1.807) is 24.3 Å². The average molecular weight is 340 g/mol. The number of carbonyl (C=O) groups is 1. The monoisotopic (exact) mass is 340 g/mol. The minimum absolute atomic E-state index is 0.00753. The Balaban J connectivity index is 2.10. The van der Waals surface area contributed by atoms with Crippen molar-refractivity contribution in [3.63, 3.8) is 0 Å². The molecular formula is C19H17FN2O3. The fourth-order valence-corrected chi connectivity index (χ4v) is 2.69. The number of pyridine rings is 1. The molecule has 0 aliphatic rings. The highest BCUT2D eigenvalue weighted by Gasteiger charge is 2.16. The molecule has 5 nitrogen and oxygen atoms in total. The van der Waals surface area contributed by atoms with E-state index >= 15 is 0 Å². The van der Waals surface area contributed by atoms with Gasteiger partial charge >= 0.3 is 0 Å². The molecule has 2 aromatic carbocycles. The van der Waals surface area contributed by atoms with E-state index in [0.717, 1.165) is 5.52 Å². The topological polar surface area (TPSA) is 60.3 Å². The predicted octanol–water partition coefficient (Wildman–Crippen LogP) is 3.42. The molecule has 1 amide bonds. The van der Waals surface area contributed by atoms with E-state index in [1.165, 1.54) is 31.5 Å². The Bertz CT molecular complexity index is 1010. The molecule has 0 bridgehead atoms. The van der Waals surface area contributed by atoms with Gasteiger partial charge in [-0.3, -0.25) is 9.59 Å². The normalized spacial score (nSPS) is 10.7. The Morgan fingerprint density at radius 2 is 2.04 bits per heavy atom. The molecule has 0 aliphatic heterocycles. The van der Waals surface area contributed by atoms with Gasteiger partial charge in [-0.2, -0.15) is 0 Å². The van der Waals surface area contributed by atoms with Crippen molar-refractivity contribution in [3.05, 3.63) is 70.3 Å². The van der Waals surface area contributed by atoms with Crippen molar-refractivity contribution >= 4 is 22.5 Å². The first kappa shape index (κ1) is 16.7. The summed E-state index contributed by atoms with van der Waals surface area (Å²) in [7, 11) is 1.51. The molecular weight excluding hydrogens is 323 g/mol. The fraction of sp³-hybridized carbons (Fsp3) is 0.158. The Hall–Kier alpha value is -3.15. The van der Waals surface area contributed by atoms with Crippen LogP contribution in [0.25, 0.3) is 10.9 Å². The number of fused-ring (bicyclic) bond motifs is 1. The van der Waals surface area contributed by atoms with Crippen LogP contribution >= 0.6 is 0 Å². The molecule has 3 rings (SSSR count). The van der Waals surface area contributed by atoms with Crippen molar-refractivity contribution in [3.8, 4) is 5.75 Å². The highest BCUT2D eigenvalue weighted by atomic mass is 19.1. The number of nitrogens with one attached hydrogen (secondary N) is 1. The number of ether oxygens (including phenoxy) is 1. The summed E-state index contributed by atoms with van der Waals surface area (Å²) in [5, 5.41) is 2.96. The standard InChI is InChI=1S/C19H17FN2O3/c1-3-22-11-16(19(24)21-13-6-4-5-12(20)9-13)18(23)15-10-14(25-2)7-8-17(15)22/h4-11H,3H2,1-2H3,(H,21,24). The highest BCUT2D eigenvalue weighted by molar-refractivity contribution is 6.05. The van der Waals surface area contributed by atoms with Crippen LogP contribution in [0.5, 0.6) is 5.75 Å². The van der Waals surface area contributed by atoms with Crippen LogP contribution in [0.1, 0.15) is 17.3 Å². The third kappa shape index (κ3) is 3.24. The van der Waals surface area contributed by atoms with Gasteiger partial charge in [-0.05, 0) is 43.3 Å². The van der Waals surface area contributed by atoms with Crippen LogP contribution in [-0.4, -0.2) is 17.6 Å². The maximum absolute atomic E-state index is 13.3. The number of hydrogen-bond acceptors (Lipinski definition) is 3. The summed E-state index contributed by atoms with van der Waals surface area (Å²) >= 11 is 0. The van der Waals surface area contributed by atoms with Crippen LogP contribution in [0.2, 0.25) is 0 Å². The van der Waals surface area contributed by atoms with Crippen LogP contribution in [-0.2, 0) is 6.54 Å². The molecule has 1 aromatic heterocycles. The van der Waals surface area contributed by atoms with E-state index in [2.05, 4.69) is 5.32 Å². The number of rotatable bonds is 4. The molecule has 128 valence electrons. The van der Waals surface area contributed by atoms with E-state index in [0.29, 0.717) is 17.7 Å². The molecule has 3 aromatic rings. The zero-order valence-corrected chi connectivity index (χ0v) is 13.9. The molecule has 0 saturated heterocycles. The zero-order chi connectivity index (χ0) is 18.0. The molecule has 1 N–H and O–H groups in total. The van der Waals surface area contributed by atoms with Gasteiger partial charge in [0.05, 0.1) is 18.0 Å². The SMILES string of the molecule is CCn1cc(C(=O)Nc2cccc(F)c2)c(=O)c2cc(OC)ccc21. The fourth-order valence-electron chi connectivity index (χ4n) is 2.69. The van der Waals surface area contributed by atoms with E-state index in [4.69, 9.17) is 4.74 Å². The molecule has 0 unspecified atom stereocenters. The van der Waals surface area contributed by atoms with Gasteiger partial charge in [0.2, 0.25) is 5.43 Å². The maximum atomic E-state index is 13.3. The summed E-state index contributed by atoms with van der Waals surface area (Å²) in [4.78, 5) is 25.3. The summed E-state index contributed by atoms with van der Waals surface area (Å²) in [5.41, 5.74) is 0.605. The van der Waals surface area contributed by atoms with Gasteiger partial charge in [-0.25, -0.2) is 4.39 Å². The number of amides is 1. The molecule has 0 atom stereocenters. The highest BCUT2D eigenvalue weighted by Crippen LogP contribution is 2.19. The van der Waals surface area contributed by atoms with Gasteiger partial charge in [-0.1, -0.05) is 6.07 Å². The molecule has 25 heavy (non-hydrogen) atoms. The Morgan fingerprint density at radius 3 is 2.72 bits per heavy atom. The van der Waals surface area contributed by atoms with Crippen molar-refractivity contribution in [1.29, 1.82) is 0 Å². The number of aryl methyl sites for hydroxylation is 1.